The second-order valence-corrected chi connectivity index (χ2v) is 5.41. The lowest BCUT2D eigenvalue weighted by Gasteiger charge is -2.22. The van der Waals surface area contributed by atoms with Gasteiger partial charge in [0.15, 0.2) is 0 Å². The number of rotatable bonds is 5. The number of hydrogen-bond donors (Lipinski definition) is 0. The van der Waals surface area contributed by atoms with E-state index in [1.165, 1.54) is 0 Å². The van der Waals surface area contributed by atoms with E-state index in [9.17, 15) is 5.26 Å². The predicted molar refractivity (Wildman–Crippen MR) is 75.6 cm³/mol. The molecule has 1 aromatic rings. The molecule has 0 N–H and O–H groups in total. The Bertz CT molecular complexity index is 485. The van der Waals surface area contributed by atoms with Crippen molar-refractivity contribution in [2.75, 3.05) is 24.2 Å². The van der Waals surface area contributed by atoms with Crippen LogP contribution in [-0.2, 0) is 0 Å². The van der Waals surface area contributed by atoms with Crippen LogP contribution in [0.2, 0.25) is 0 Å². The molecule has 1 atom stereocenters. The van der Waals surface area contributed by atoms with Gasteiger partial charge in [0.1, 0.15) is 6.07 Å². The van der Waals surface area contributed by atoms with Gasteiger partial charge in [0.05, 0.1) is 23.2 Å². The van der Waals surface area contributed by atoms with E-state index in [1.54, 1.807) is 11.8 Å². The zero-order chi connectivity index (χ0) is 13.5. The van der Waals surface area contributed by atoms with E-state index in [0.717, 1.165) is 16.3 Å². The van der Waals surface area contributed by atoms with Crippen LogP contribution in [0.3, 0.4) is 0 Å². The van der Waals surface area contributed by atoms with Crippen LogP contribution in [0.4, 0.5) is 5.69 Å². The molecule has 0 radical (unpaired) electrons. The summed E-state index contributed by atoms with van der Waals surface area (Å²) >= 11 is 1.67. The zero-order valence-corrected chi connectivity index (χ0v) is 11.8. The maximum absolute atomic E-state index is 9.31. The molecular weight excluding hydrogens is 242 g/mol. The van der Waals surface area contributed by atoms with E-state index in [-0.39, 0.29) is 5.92 Å². The van der Waals surface area contributed by atoms with Gasteiger partial charge in [0.2, 0.25) is 0 Å². The van der Waals surface area contributed by atoms with Gasteiger partial charge in [-0.2, -0.15) is 10.5 Å². The average Bonchev–Trinajstić information content (AvgIpc) is 2.38. The maximum atomic E-state index is 9.31. The molecule has 4 heteroatoms. The number of benzene rings is 1. The van der Waals surface area contributed by atoms with Crippen molar-refractivity contribution in [3.05, 3.63) is 23.8 Å². The minimum atomic E-state index is -0.0518. The Morgan fingerprint density at radius 3 is 2.67 bits per heavy atom. The van der Waals surface area contributed by atoms with Crippen LogP contribution in [0.25, 0.3) is 0 Å². The number of thioether (sulfide) groups is 1. The van der Waals surface area contributed by atoms with Gasteiger partial charge in [-0.05, 0) is 24.8 Å². The first-order valence-corrected chi connectivity index (χ1v) is 6.89. The topological polar surface area (TPSA) is 50.8 Å². The van der Waals surface area contributed by atoms with Crippen LogP contribution in [0.5, 0.6) is 0 Å². The second kappa shape index (κ2) is 6.93. The molecule has 0 heterocycles. The van der Waals surface area contributed by atoms with Crippen molar-refractivity contribution in [2.24, 2.45) is 5.92 Å². The smallest absolute Gasteiger partial charge is 0.103 e. The van der Waals surface area contributed by atoms with E-state index in [0.29, 0.717) is 12.1 Å². The fourth-order valence-electron chi connectivity index (χ4n) is 1.78. The Labute approximate surface area is 113 Å². The Balaban J connectivity index is 3.05. The van der Waals surface area contributed by atoms with Crippen LogP contribution < -0.4 is 4.90 Å². The summed E-state index contributed by atoms with van der Waals surface area (Å²) in [5.41, 5.74) is 1.61. The minimum Gasteiger partial charge on any atom is -0.372 e. The van der Waals surface area contributed by atoms with Gasteiger partial charge >= 0.3 is 0 Å². The normalized spacial score (nSPS) is 11.4. The molecule has 0 aliphatic heterocycles. The molecule has 1 aromatic carbocycles. The van der Waals surface area contributed by atoms with Crippen molar-refractivity contribution in [1.82, 2.24) is 0 Å². The SMILES string of the molecule is CCSc1cccc(N(C)CC(C)C#N)c1C#N. The third-order valence-corrected chi connectivity index (χ3v) is 3.54. The van der Waals surface area contributed by atoms with Gasteiger partial charge in [0.25, 0.3) is 0 Å². The Hall–Kier alpha value is -1.65. The Morgan fingerprint density at radius 2 is 2.11 bits per heavy atom. The summed E-state index contributed by atoms with van der Waals surface area (Å²) in [6.45, 7) is 4.58. The highest BCUT2D eigenvalue weighted by atomic mass is 32.2. The standard InChI is InChI=1S/C14H17N3S/c1-4-18-14-7-5-6-13(12(14)9-16)17(3)10-11(2)8-15/h5-7,11H,4,10H2,1-3H3. The van der Waals surface area contributed by atoms with E-state index in [2.05, 4.69) is 19.1 Å². The highest BCUT2D eigenvalue weighted by Crippen LogP contribution is 2.29. The fourth-order valence-corrected chi connectivity index (χ4v) is 2.56. The van der Waals surface area contributed by atoms with Crippen LogP contribution in [-0.4, -0.2) is 19.3 Å². The van der Waals surface area contributed by atoms with Gasteiger partial charge in [-0.25, -0.2) is 0 Å². The quantitative estimate of drug-likeness (QED) is 0.761. The fraction of sp³-hybridized carbons (Fsp3) is 0.429. The van der Waals surface area contributed by atoms with Crippen LogP contribution >= 0.6 is 11.8 Å². The molecule has 0 aliphatic carbocycles. The summed E-state index contributed by atoms with van der Waals surface area (Å²) in [6.07, 6.45) is 0. The van der Waals surface area contributed by atoms with Crippen LogP contribution in [0.15, 0.2) is 23.1 Å². The molecule has 18 heavy (non-hydrogen) atoms. The first-order chi connectivity index (χ1) is 8.63. The van der Waals surface area contributed by atoms with Crippen molar-refractivity contribution >= 4 is 17.4 Å². The summed E-state index contributed by atoms with van der Waals surface area (Å²) in [6, 6.07) is 10.4. The van der Waals surface area contributed by atoms with Gasteiger partial charge < -0.3 is 4.90 Å². The van der Waals surface area contributed by atoms with Crippen molar-refractivity contribution in [2.45, 2.75) is 18.7 Å². The van der Waals surface area contributed by atoms with Gasteiger partial charge in [-0.15, -0.1) is 11.8 Å². The van der Waals surface area contributed by atoms with Crippen molar-refractivity contribution in [3.8, 4) is 12.1 Å². The molecule has 0 saturated carbocycles. The number of nitrogens with zero attached hydrogens (tertiary/aromatic N) is 3. The molecule has 3 nitrogen and oxygen atoms in total. The summed E-state index contributed by atoms with van der Waals surface area (Å²) in [5.74, 6) is 0.889. The molecule has 1 rings (SSSR count). The second-order valence-electron chi connectivity index (χ2n) is 4.11. The number of anilines is 1. The molecule has 0 fully saturated rings. The third-order valence-electron chi connectivity index (χ3n) is 2.60. The number of nitriles is 2. The average molecular weight is 259 g/mol. The monoisotopic (exact) mass is 259 g/mol. The van der Waals surface area contributed by atoms with E-state index in [1.807, 2.05) is 37.1 Å². The van der Waals surface area contributed by atoms with E-state index >= 15 is 0 Å². The summed E-state index contributed by atoms with van der Waals surface area (Å²) in [4.78, 5) is 2.99. The Morgan fingerprint density at radius 1 is 1.39 bits per heavy atom. The first-order valence-electron chi connectivity index (χ1n) is 5.90. The van der Waals surface area contributed by atoms with Crippen molar-refractivity contribution < 1.29 is 0 Å². The minimum absolute atomic E-state index is 0.0518. The van der Waals surface area contributed by atoms with E-state index in [4.69, 9.17) is 5.26 Å². The van der Waals surface area contributed by atoms with Gasteiger partial charge in [-0.3, -0.25) is 0 Å². The molecule has 0 saturated heterocycles. The predicted octanol–water partition coefficient (Wildman–Crippen LogP) is 3.27. The molecule has 0 bridgehead atoms. The summed E-state index contributed by atoms with van der Waals surface area (Å²) in [7, 11) is 1.92. The zero-order valence-electron chi connectivity index (χ0n) is 11.0. The highest BCUT2D eigenvalue weighted by molar-refractivity contribution is 7.99. The van der Waals surface area contributed by atoms with Crippen LogP contribution in [0.1, 0.15) is 19.4 Å². The third kappa shape index (κ3) is 3.42. The van der Waals surface area contributed by atoms with E-state index < -0.39 is 0 Å². The van der Waals surface area contributed by atoms with Crippen molar-refractivity contribution in [1.29, 1.82) is 10.5 Å². The lowest BCUT2D eigenvalue weighted by atomic mass is 10.1. The lowest BCUT2D eigenvalue weighted by molar-refractivity contribution is 0.715. The Kier molecular flexibility index (Phi) is 5.55. The number of hydrogen-bond acceptors (Lipinski definition) is 4. The molecule has 1 unspecified atom stereocenters. The molecular formula is C14H17N3S. The molecule has 0 amide bonds. The van der Waals surface area contributed by atoms with Gasteiger partial charge in [-0.1, -0.05) is 13.0 Å². The molecule has 0 aliphatic rings. The molecule has 94 valence electrons. The highest BCUT2D eigenvalue weighted by Gasteiger charge is 2.13. The van der Waals surface area contributed by atoms with Gasteiger partial charge in [0, 0.05) is 18.5 Å². The first kappa shape index (κ1) is 14.4. The lowest BCUT2D eigenvalue weighted by Crippen LogP contribution is -2.24. The summed E-state index contributed by atoms with van der Waals surface area (Å²) in [5, 5.41) is 18.2. The maximum Gasteiger partial charge on any atom is 0.103 e. The summed E-state index contributed by atoms with van der Waals surface area (Å²) < 4.78 is 0. The molecule has 0 spiro atoms. The largest absolute Gasteiger partial charge is 0.372 e. The molecule has 0 aromatic heterocycles. The van der Waals surface area contributed by atoms with Crippen molar-refractivity contribution in [3.63, 3.8) is 0 Å². The van der Waals surface area contributed by atoms with Crippen LogP contribution in [0, 0.1) is 28.6 Å².